The minimum Gasteiger partial charge on any atom is -0.378 e. The second-order valence-corrected chi connectivity index (χ2v) is 3.82. The fraction of sp³-hybridized carbons (Fsp3) is 0.167. The lowest BCUT2D eigenvalue weighted by molar-refractivity contribution is -0.389. The molecule has 0 aliphatic heterocycles. The van der Waals surface area contributed by atoms with Crippen molar-refractivity contribution in [3.8, 4) is 0 Å². The van der Waals surface area contributed by atoms with Gasteiger partial charge in [0.15, 0.2) is 6.20 Å². The average molecular weight is 244 g/mol. The first-order valence-electron chi connectivity index (χ1n) is 5.40. The first-order chi connectivity index (χ1) is 8.66. The van der Waals surface area contributed by atoms with Gasteiger partial charge in [-0.05, 0) is 40.1 Å². The van der Waals surface area contributed by atoms with Crippen LogP contribution in [0.5, 0.6) is 0 Å². The number of pyridine rings is 2. The zero-order chi connectivity index (χ0) is 13.0. The molecule has 0 radical (unpaired) electrons. The molecule has 2 rings (SSSR count). The van der Waals surface area contributed by atoms with Crippen LogP contribution in [0.15, 0.2) is 36.8 Å². The van der Waals surface area contributed by atoms with Crippen LogP contribution in [0.3, 0.4) is 0 Å². The van der Waals surface area contributed by atoms with Crippen molar-refractivity contribution in [2.45, 2.75) is 13.5 Å². The number of hydrogen-bond donors (Lipinski definition) is 1. The van der Waals surface area contributed by atoms with Crippen molar-refractivity contribution in [3.05, 3.63) is 58.0 Å². The van der Waals surface area contributed by atoms with Crippen molar-refractivity contribution in [1.29, 1.82) is 0 Å². The molecule has 6 heteroatoms. The van der Waals surface area contributed by atoms with Crippen molar-refractivity contribution in [3.63, 3.8) is 0 Å². The Kier molecular flexibility index (Phi) is 3.47. The van der Waals surface area contributed by atoms with E-state index in [0.717, 1.165) is 16.8 Å². The Morgan fingerprint density at radius 3 is 2.78 bits per heavy atom. The second kappa shape index (κ2) is 5.22. The third-order valence-corrected chi connectivity index (χ3v) is 2.57. The van der Waals surface area contributed by atoms with Crippen LogP contribution in [0.25, 0.3) is 0 Å². The molecule has 0 unspecified atom stereocenters. The molecule has 0 spiro atoms. The van der Waals surface area contributed by atoms with Gasteiger partial charge in [-0.3, -0.25) is 4.98 Å². The van der Waals surface area contributed by atoms with E-state index in [1.54, 1.807) is 18.5 Å². The lowest BCUT2D eigenvalue weighted by atomic mass is 10.1. The molecule has 2 heterocycles. The second-order valence-electron chi connectivity index (χ2n) is 3.82. The lowest BCUT2D eigenvalue weighted by Gasteiger charge is -2.06. The van der Waals surface area contributed by atoms with E-state index in [2.05, 4.69) is 15.3 Å². The van der Waals surface area contributed by atoms with Crippen LogP contribution in [0.1, 0.15) is 11.1 Å². The highest BCUT2D eigenvalue weighted by molar-refractivity contribution is 5.44. The molecule has 92 valence electrons. The third kappa shape index (κ3) is 2.79. The molecule has 0 aliphatic rings. The Morgan fingerprint density at radius 2 is 2.17 bits per heavy atom. The first kappa shape index (κ1) is 12.0. The quantitative estimate of drug-likeness (QED) is 0.659. The number of nitrogens with zero attached hydrogens (tertiary/aromatic N) is 3. The molecule has 18 heavy (non-hydrogen) atoms. The molecule has 0 aliphatic carbocycles. The summed E-state index contributed by atoms with van der Waals surface area (Å²) < 4.78 is 0. The maximum atomic E-state index is 10.5. The molecule has 0 aromatic carbocycles. The molecule has 0 amide bonds. The highest BCUT2D eigenvalue weighted by Gasteiger charge is 2.06. The fourth-order valence-corrected chi connectivity index (χ4v) is 1.48. The SMILES string of the molecule is Cc1ccncc1CNc1ccc([N+](=O)[O-])nc1. The summed E-state index contributed by atoms with van der Waals surface area (Å²) in [7, 11) is 0. The number of hydrogen-bond acceptors (Lipinski definition) is 5. The molecule has 6 nitrogen and oxygen atoms in total. The summed E-state index contributed by atoms with van der Waals surface area (Å²) in [4.78, 5) is 17.7. The van der Waals surface area contributed by atoms with E-state index in [0.29, 0.717) is 6.54 Å². The molecule has 0 fully saturated rings. The molecule has 0 atom stereocenters. The maximum Gasteiger partial charge on any atom is 0.363 e. The largest absolute Gasteiger partial charge is 0.378 e. The number of nitro groups is 1. The van der Waals surface area contributed by atoms with Gasteiger partial charge < -0.3 is 15.4 Å². The van der Waals surface area contributed by atoms with Crippen LogP contribution < -0.4 is 5.32 Å². The highest BCUT2D eigenvalue weighted by atomic mass is 16.6. The Balaban J connectivity index is 2.02. The van der Waals surface area contributed by atoms with E-state index in [1.807, 2.05) is 13.0 Å². The van der Waals surface area contributed by atoms with Crippen molar-refractivity contribution in [1.82, 2.24) is 9.97 Å². The van der Waals surface area contributed by atoms with Gasteiger partial charge in [-0.25, -0.2) is 0 Å². The predicted octanol–water partition coefficient (Wildman–Crippen LogP) is 2.31. The van der Waals surface area contributed by atoms with E-state index in [9.17, 15) is 10.1 Å². The van der Waals surface area contributed by atoms with Crippen LogP contribution in [0, 0.1) is 17.0 Å². The molecule has 1 N–H and O–H groups in total. The minimum atomic E-state index is -0.519. The van der Waals surface area contributed by atoms with Crippen molar-refractivity contribution in [2.24, 2.45) is 0 Å². The molecule has 0 saturated heterocycles. The topological polar surface area (TPSA) is 81.0 Å². The standard InChI is InChI=1S/C12H12N4O2/c1-9-4-5-13-6-10(9)7-14-11-2-3-12(15-8-11)16(17)18/h2-6,8,14H,7H2,1H3. The highest BCUT2D eigenvalue weighted by Crippen LogP contribution is 2.13. The van der Waals surface area contributed by atoms with E-state index >= 15 is 0 Å². The summed E-state index contributed by atoms with van der Waals surface area (Å²) in [6, 6.07) is 4.94. The summed E-state index contributed by atoms with van der Waals surface area (Å²) in [5, 5.41) is 13.6. The summed E-state index contributed by atoms with van der Waals surface area (Å²) in [6.07, 6.45) is 4.98. The summed E-state index contributed by atoms with van der Waals surface area (Å²) in [5.41, 5.74) is 2.96. The van der Waals surface area contributed by atoms with Gasteiger partial charge in [0.1, 0.15) is 0 Å². The zero-order valence-electron chi connectivity index (χ0n) is 9.83. The normalized spacial score (nSPS) is 10.1. The number of aromatic nitrogens is 2. The van der Waals surface area contributed by atoms with Crippen LogP contribution in [-0.2, 0) is 6.54 Å². The van der Waals surface area contributed by atoms with Crippen molar-refractivity contribution < 1.29 is 4.92 Å². The molecular formula is C12H12N4O2. The summed E-state index contributed by atoms with van der Waals surface area (Å²) in [5.74, 6) is -0.155. The number of rotatable bonds is 4. The van der Waals surface area contributed by atoms with Gasteiger partial charge in [0.25, 0.3) is 0 Å². The first-order valence-corrected chi connectivity index (χ1v) is 5.40. The molecule has 2 aromatic heterocycles. The summed E-state index contributed by atoms with van der Waals surface area (Å²) >= 11 is 0. The zero-order valence-corrected chi connectivity index (χ0v) is 9.83. The molecule has 0 bridgehead atoms. The number of anilines is 1. The minimum absolute atomic E-state index is 0.155. The van der Waals surface area contributed by atoms with Crippen LogP contribution in [0.2, 0.25) is 0 Å². The summed E-state index contributed by atoms with van der Waals surface area (Å²) in [6.45, 7) is 2.62. The number of nitrogens with one attached hydrogen (secondary N) is 1. The van der Waals surface area contributed by atoms with E-state index < -0.39 is 4.92 Å². The lowest BCUT2D eigenvalue weighted by Crippen LogP contribution is -2.02. The maximum absolute atomic E-state index is 10.5. The van der Waals surface area contributed by atoms with Crippen molar-refractivity contribution in [2.75, 3.05) is 5.32 Å². The van der Waals surface area contributed by atoms with Gasteiger partial charge in [-0.15, -0.1) is 0 Å². The Hall–Kier alpha value is -2.50. The molecule has 2 aromatic rings. The van der Waals surface area contributed by atoms with Crippen LogP contribution in [-0.4, -0.2) is 14.9 Å². The fourth-order valence-electron chi connectivity index (χ4n) is 1.48. The Labute approximate surface area is 104 Å². The predicted molar refractivity (Wildman–Crippen MR) is 67.2 cm³/mol. The van der Waals surface area contributed by atoms with Crippen molar-refractivity contribution >= 4 is 11.5 Å². The van der Waals surface area contributed by atoms with E-state index in [4.69, 9.17) is 0 Å². The average Bonchev–Trinajstić information content (AvgIpc) is 2.38. The van der Waals surface area contributed by atoms with Crippen LogP contribution in [0.4, 0.5) is 11.5 Å². The van der Waals surface area contributed by atoms with E-state index in [1.165, 1.54) is 12.3 Å². The van der Waals surface area contributed by atoms with Gasteiger partial charge in [-0.2, -0.15) is 0 Å². The smallest absolute Gasteiger partial charge is 0.363 e. The molecular weight excluding hydrogens is 232 g/mol. The van der Waals surface area contributed by atoms with Gasteiger partial charge in [0, 0.05) is 25.0 Å². The van der Waals surface area contributed by atoms with Crippen LogP contribution >= 0.6 is 0 Å². The van der Waals surface area contributed by atoms with Gasteiger partial charge >= 0.3 is 5.82 Å². The van der Waals surface area contributed by atoms with E-state index in [-0.39, 0.29) is 5.82 Å². The van der Waals surface area contributed by atoms with Gasteiger partial charge in [0.05, 0.1) is 5.69 Å². The Bertz CT molecular complexity index is 554. The van der Waals surface area contributed by atoms with Gasteiger partial charge in [0.2, 0.25) is 0 Å². The monoisotopic (exact) mass is 244 g/mol. The Morgan fingerprint density at radius 1 is 1.33 bits per heavy atom. The van der Waals surface area contributed by atoms with Gasteiger partial charge in [-0.1, -0.05) is 0 Å². The molecule has 0 saturated carbocycles. The third-order valence-electron chi connectivity index (χ3n) is 2.57. The number of aryl methyl sites for hydroxylation is 1.